The van der Waals surface area contributed by atoms with Crippen LogP contribution in [0, 0.1) is 23.0 Å². The molecular formula is C15H10ClF2NO. The van der Waals surface area contributed by atoms with Crippen molar-refractivity contribution in [3.63, 3.8) is 0 Å². The normalized spacial score (nSPS) is 10.1. The van der Waals surface area contributed by atoms with Crippen LogP contribution in [0.15, 0.2) is 36.4 Å². The first-order chi connectivity index (χ1) is 9.65. The summed E-state index contributed by atoms with van der Waals surface area (Å²) in [7, 11) is 0. The molecule has 0 saturated carbocycles. The Morgan fingerprint density at radius 2 is 2.00 bits per heavy atom. The van der Waals surface area contributed by atoms with Gasteiger partial charge in [-0.15, -0.1) is 11.6 Å². The largest absolute Gasteiger partial charge is 0.486 e. The summed E-state index contributed by atoms with van der Waals surface area (Å²) in [5.41, 5.74) is 0.767. The topological polar surface area (TPSA) is 33.0 Å². The summed E-state index contributed by atoms with van der Waals surface area (Å²) in [4.78, 5) is 0. The van der Waals surface area contributed by atoms with E-state index in [0.717, 1.165) is 0 Å². The molecule has 0 aliphatic carbocycles. The predicted molar refractivity (Wildman–Crippen MR) is 71.4 cm³/mol. The molecule has 2 nitrogen and oxygen atoms in total. The summed E-state index contributed by atoms with van der Waals surface area (Å²) in [6, 6.07) is 10.5. The van der Waals surface area contributed by atoms with E-state index in [9.17, 15) is 8.78 Å². The average molecular weight is 294 g/mol. The lowest BCUT2D eigenvalue weighted by molar-refractivity contribution is 0.284. The van der Waals surface area contributed by atoms with Gasteiger partial charge < -0.3 is 4.74 Å². The number of rotatable bonds is 4. The summed E-state index contributed by atoms with van der Waals surface area (Å²) in [6.45, 7) is -0.154. The Morgan fingerprint density at radius 3 is 2.65 bits per heavy atom. The molecule has 0 aliphatic rings. The van der Waals surface area contributed by atoms with Crippen molar-refractivity contribution in [3.8, 4) is 11.8 Å². The third-order valence-corrected chi connectivity index (χ3v) is 3.04. The smallest absolute Gasteiger partial charge is 0.165 e. The third-order valence-electron chi connectivity index (χ3n) is 2.73. The highest BCUT2D eigenvalue weighted by molar-refractivity contribution is 6.17. The minimum Gasteiger partial charge on any atom is -0.486 e. The Morgan fingerprint density at radius 1 is 1.20 bits per heavy atom. The SMILES string of the molecule is N#Cc1cccc(COc2ccc(CCl)cc2F)c1F. The molecule has 102 valence electrons. The Balaban J connectivity index is 2.15. The minimum atomic E-state index is -0.646. The highest BCUT2D eigenvalue weighted by Crippen LogP contribution is 2.21. The first kappa shape index (κ1) is 14.3. The van der Waals surface area contributed by atoms with Crippen molar-refractivity contribution in [3.05, 3.63) is 64.7 Å². The quantitative estimate of drug-likeness (QED) is 0.793. The summed E-state index contributed by atoms with van der Waals surface area (Å²) in [6.07, 6.45) is 0. The van der Waals surface area contributed by atoms with Crippen LogP contribution in [-0.2, 0) is 12.5 Å². The van der Waals surface area contributed by atoms with Crippen molar-refractivity contribution >= 4 is 11.6 Å². The van der Waals surface area contributed by atoms with Crippen LogP contribution < -0.4 is 4.74 Å². The van der Waals surface area contributed by atoms with Crippen LogP contribution in [0.25, 0.3) is 0 Å². The number of nitriles is 1. The number of hydrogen-bond acceptors (Lipinski definition) is 2. The molecule has 20 heavy (non-hydrogen) atoms. The van der Waals surface area contributed by atoms with Gasteiger partial charge in [-0.3, -0.25) is 0 Å². The molecule has 5 heteroatoms. The molecule has 0 bridgehead atoms. The summed E-state index contributed by atoms with van der Waals surface area (Å²) in [5, 5.41) is 8.73. The average Bonchev–Trinajstić information content (AvgIpc) is 2.47. The lowest BCUT2D eigenvalue weighted by Gasteiger charge is -2.09. The lowest BCUT2D eigenvalue weighted by Crippen LogP contribution is -2.01. The fourth-order valence-corrected chi connectivity index (χ4v) is 1.84. The summed E-state index contributed by atoms with van der Waals surface area (Å²) in [5.74, 6) is -0.982. The maximum absolute atomic E-state index is 13.8. The van der Waals surface area contributed by atoms with Crippen LogP contribution in [0.5, 0.6) is 5.75 Å². The molecule has 0 radical (unpaired) electrons. The minimum absolute atomic E-state index is 0.0145. The van der Waals surface area contributed by atoms with Crippen molar-refractivity contribution in [2.75, 3.05) is 0 Å². The van der Waals surface area contributed by atoms with Crippen LogP contribution in [-0.4, -0.2) is 0 Å². The fourth-order valence-electron chi connectivity index (χ4n) is 1.68. The van der Waals surface area contributed by atoms with Crippen LogP contribution >= 0.6 is 11.6 Å². The van der Waals surface area contributed by atoms with E-state index in [2.05, 4.69) is 0 Å². The first-order valence-corrected chi connectivity index (χ1v) is 6.34. The zero-order valence-electron chi connectivity index (χ0n) is 10.4. The van der Waals surface area contributed by atoms with Crippen LogP contribution in [0.3, 0.4) is 0 Å². The van der Waals surface area contributed by atoms with E-state index in [-0.39, 0.29) is 29.4 Å². The maximum atomic E-state index is 13.8. The van der Waals surface area contributed by atoms with Crippen LogP contribution in [0.4, 0.5) is 8.78 Å². The molecule has 2 aromatic rings. The van der Waals surface area contributed by atoms with Gasteiger partial charge in [-0.2, -0.15) is 5.26 Å². The second-order valence-electron chi connectivity index (χ2n) is 4.08. The molecule has 0 aromatic heterocycles. The Bertz CT molecular complexity index is 667. The lowest BCUT2D eigenvalue weighted by atomic mass is 10.1. The predicted octanol–water partition coefficient (Wildman–Crippen LogP) is 4.15. The van der Waals surface area contributed by atoms with Crippen molar-refractivity contribution in [2.24, 2.45) is 0 Å². The Labute approximate surface area is 120 Å². The van der Waals surface area contributed by atoms with Gasteiger partial charge in [0.15, 0.2) is 11.6 Å². The number of benzene rings is 2. The van der Waals surface area contributed by atoms with Gasteiger partial charge in [-0.25, -0.2) is 8.78 Å². The number of hydrogen-bond donors (Lipinski definition) is 0. The second-order valence-corrected chi connectivity index (χ2v) is 4.34. The van der Waals surface area contributed by atoms with Gasteiger partial charge in [0.05, 0.1) is 5.56 Å². The monoisotopic (exact) mass is 293 g/mol. The third kappa shape index (κ3) is 3.06. The van der Waals surface area contributed by atoms with Crippen molar-refractivity contribution < 1.29 is 13.5 Å². The van der Waals surface area contributed by atoms with Gasteiger partial charge in [0.1, 0.15) is 18.5 Å². The van der Waals surface area contributed by atoms with E-state index >= 15 is 0 Å². The number of alkyl halides is 1. The number of ether oxygens (including phenoxy) is 1. The van der Waals surface area contributed by atoms with E-state index in [4.69, 9.17) is 21.6 Å². The van der Waals surface area contributed by atoms with Gasteiger partial charge in [-0.1, -0.05) is 18.2 Å². The molecule has 0 atom stereocenters. The van der Waals surface area contributed by atoms with E-state index in [1.54, 1.807) is 18.2 Å². The molecule has 0 N–H and O–H groups in total. The molecule has 0 saturated heterocycles. The first-order valence-electron chi connectivity index (χ1n) is 5.80. The second kappa shape index (κ2) is 6.36. The molecule has 0 fully saturated rings. The summed E-state index contributed by atoms with van der Waals surface area (Å²) < 4.78 is 32.7. The molecule has 0 unspecified atom stereocenters. The molecule has 2 aromatic carbocycles. The van der Waals surface area contributed by atoms with E-state index in [0.29, 0.717) is 5.56 Å². The highest BCUT2D eigenvalue weighted by Gasteiger charge is 2.10. The van der Waals surface area contributed by atoms with E-state index in [1.807, 2.05) is 0 Å². The zero-order valence-corrected chi connectivity index (χ0v) is 11.1. The molecule has 0 heterocycles. The molecular weight excluding hydrogens is 284 g/mol. The van der Waals surface area contributed by atoms with Crippen molar-refractivity contribution in [1.82, 2.24) is 0 Å². The van der Waals surface area contributed by atoms with Crippen molar-refractivity contribution in [1.29, 1.82) is 5.26 Å². The molecule has 0 spiro atoms. The van der Waals surface area contributed by atoms with E-state index in [1.165, 1.54) is 24.3 Å². The zero-order chi connectivity index (χ0) is 14.5. The van der Waals surface area contributed by atoms with Gasteiger partial charge in [0.25, 0.3) is 0 Å². The Kier molecular flexibility index (Phi) is 4.54. The van der Waals surface area contributed by atoms with Gasteiger partial charge in [0, 0.05) is 11.4 Å². The molecule has 0 amide bonds. The number of halogens is 3. The number of nitrogens with zero attached hydrogens (tertiary/aromatic N) is 1. The van der Waals surface area contributed by atoms with Gasteiger partial charge in [-0.05, 0) is 23.8 Å². The van der Waals surface area contributed by atoms with Gasteiger partial charge >= 0.3 is 0 Å². The maximum Gasteiger partial charge on any atom is 0.165 e. The van der Waals surface area contributed by atoms with Crippen LogP contribution in [0.2, 0.25) is 0 Å². The fraction of sp³-hybridized carbons (Fsp3) is 0.133. The molecule has 0 aliphatic heterocycles. The van der Waals surface area contributed by atoms with Gasteiger partial charge in [0.2, 0.25) is 0 Å². The van der Waals surface area contributed by atoms with E-state index < -0.39 is 11.6 Å². The van der Waals surface area contributed by atoms with Crippen LogP contribution in [0.1, 0.15) is 16.7 Å². The van der Waals surface area contributed by atoms with Crippen molar-refractivity contribution in [2.45, 2.75) is 12.5 Å². The molecule has 2 rings (SSSR count). The summed E-state index contributed by atoms with van der Waals surface area (Å²) >= 11 is 5.59. The standard InChI is InChI=1S/C15H10ClF2NO/c16-7-10-4-5-14(13(17)6-10)20-9-12-3-1-2-11(8-19)15(12)18/h1-6H,7,9H2. The Hall–Kier alpha value is -2.12. The highest BCUT2D eigenvalue weighted by atomic mass is 35.5.